The third-order valence-corrected chi connectivity index (χ3v) is 6.99. The zero-order valence-electron chi connectivity index (χ0n) is 22.1. The largest absolute Gasteiger partial charge is 0.439 e. The summed E-state index contributed by atoms with van der Waals surface area (Å²) in [6.07, 6.45) is 4.20. The molecule has 3 heterocycles. The Hall–Kier alpha value is -4.44. The van der Waals surface area contributed by atoms with E-state index in [1.54, 1.807) is 6.20 Å². The molecule has 0 radical (unpaired) electrons. The molecule has 3 aromatic heterocycles. The Morgan fingerprint density at radius 2 is 1.85 bits per heavy atom. The van der Waals surface area contributed by atoms with Crippen LogP contribution in [0.3, 0.4) is 0 Å². The second kappa shape index (κ2) is 12.6. The lowest BCUT2D eigenvalue weighted by molar-refractivity contribution is 0.0935. The summed E-state index contributed by atoms with van der Waals surface area (Å²) in [5, 5.41) is 11.5. The molecule has 204 valence electrons. The van der Waals surface area contributed by atoms with Crippen LogP contribution in [0.5, 0.6) is 0 Å². The van der Waals surface area contributed by atoms with Crippen LogP contribution in [0.15, 0.2) is 88.3 Å². The summed E-state index contributed by atoms with van der Waals surface area (Å²) in [5.41, 5.74) is 5.78. The minimum Gasteiger partial charge on any atom is -0.347 e. The van der Waals surface area contributed by atoms with E-state index < -0.39 is 5.76 Å². The SMILES string of the molecule is CCCc1cc(C(=O)NC(CS)Cc2ccccc2)nn1Cc1ccc(-c2ccccc2-c2noc(=O)[nH]2)cn1. The predicted molar refractivity (Wildman–Crippen MR) is 156 cm³/mol. The number of pyridine rings is 1. The van der Waals surface area contributed by atoms with Crippen molar-refractivity contribution >= 4 is 18.5 Å². The molecule has 0 aliphatic rings. The summed E-state index contributed by atoms with van der Waals surface area (Å²) in [6, 6.07) is 23.3. The first-order valence-corrected chi connectivity index (χ1v) is 13.8. The van der Waals surface area contributed by atoms with E-state index in [0.29, 0.717) is 30.2 Å². The molecule has 0 fully saturated rings. The smallest absolute Gasteiger partial charge is 0.347 e. The molecule has 9 nitrogen and oxygen atoms in total. The number of amides is 1. The number of nitrogens with one attached hydrogen (secondary N) is 2. The number of nitrogens with zero attached hydrogens (tertiary/aromatic N) is 4. The Kier molecular flexibility index (Phi) is 8.56. The number of carbonyl (C=O) groups is 1. The quantitative estimate of drug-likeness (QED) is 0.206. The van der Waals surface area contributed by atoms with Crippen LogP contribution in [-0.2, 0) is 19.4 Å². The molecule has 40 heavy (non-hydrogen) atoms. The Morgan fingerprint density at radius 3 is 2.52 bits per heavy atom. The van der Waals surface area contributed by atoms with E-state index in [4.69, 9.17) is 0 Å². The minimum absolute atomic E-state index is 0.106. The monoisotopic (exact) mass is 554 g/mol. The van der Waals surface area contributed by atoms with Crippen LogP contribution in [0.25, 0.3) is 22.5 Å². The number of H-pyrrole nitrogens is 1. The zero-order valence-corrected chi connectivity index (χ0v) is 23.0. The normalized spacial score (nSPS) is 11.8. The molecule has 5 aromatic rings. The average Bonchev–Trinajstić information content (AvgIpc) is 3.60. The Bertz CT molecular complexity index is 1630. The van der Waals surface area contributed by atoms with Gasteiger partial charge in [0.2, 0.25) is 0 Å². The van der Waals surface area contributed by atoms with Crippen molar-refractivity contribution in [3.05, 3.63) is 112 Å². The van der Waals surface area contributed by atoms with Crippen molar-refractivity contribution in [2.45, 2.75) is 38.8 Å². The summed E-state index contributed by atoms with van der Waals surface area (Å²) >= 11 is 4.45. The molecule has 0 saturated heterocycles. The molecule has 0 aliphatic heterocycles. The van der Waals surface area contributed by atoms with Gasteiger partial charge in [-0.3, -0.25) is 24.0 Å². The molecule has 2 aromatic carbocycles. The van der Waals surface area contributed by atoms with E-state index in [1.165, 1.54) is 0 Å². The Morgan fingerprint density at radius 1 is 1.07 bits per heavy atom. The topological polar surface area (TPSA) is 119 Å². The molecule has 2 N–H and O–H groups in total. The molecule has 0 bridgehead atoms. The van der Waals surface area contributed by atoms with E-state index in [0.717, 1.165) is 46.5 Å². The van der Waals surface area contributed by atoms with E-state index in [2.05, 4.69) is 49.6 Å². The fourth-order valence-corrected chi connectivity index (χ4v) is 4.82. The van der Waals surface area contributed by atoms with Crippen LogP contribution in [0.2, 0.25) is 0 Å². The van der Waals surface area contributed by atoms with Crippen LogP contribution >= 0.6 is 12.6 Å². The van der Waals surface area contributed by atoms with Crippen LogP contribution < -0.4 is 11.1 Å². The maximum atomic E-state index is 13.1. The van der Waals surface area contributed by atoms with Gasteiger partial charge in [-0.25, -0.2) is 4.79 Å². The fourth-order valence-electron chi connectivity index (χ4n) is 4.60. The molecule has 1 unspecified atom stereocenters. The molecule has 5 rings (SSSR count). The van der Waals surface area contributed by atoms with Gasteiger partial charge < -0.3 is 5.32 Å². The third kappa shape index (κ3) is 6.40. The van der Waals surface area contributed by atoms with Gasteiger partial charge in [-0.2, -0.15) is 17.7 Å². The Labute approximate surface area is 237 Å². The van der Waals surface area contributed by atoms with Crippen molar-refractivity contribution in [3.8, 4) is 22.5 Å². The minimum atomic E-state index is -0.606. The number of hydrogen-bond acceptors (Lipinski definition) is 7. The third-order valence-electron chi connectivity index (χ3n) is 6.55. The van der Waals surface area contributed by atoms with Crippen LogP contribution in [0.1, 0.15) is 40.8 Å². The molecule has 0 aliphatic carbocycles. The van der Waals surface area contributed by atoms with Gasteiger partial charge in [-0.1, -0.05) is 79.2 Å². The second-order valence-electron chi connectivity index (χ2n) is 9.50. The summed E-state index contributed by atoms with van der Waals surface area (Å²) in [5.74, 6) is 0.0674. The molecule has 1 amide bonds. The van der Waals surface area contributed by atoms with Crippen molar-refractivity contribution < 1.29 is 9.32 Å². The number of benzene rings is 2. The number of rotatable bonds is 11. The van der Waals surface area contributed by atoms with Crippen LogP contribution in [-0.4, -0.2) is 42.6 Å². The van der Waals surface area contributed by atoms with E-state index in [1.807, 2.05) is 77.5 Å². The van der Waals surface area contributed by atoms with Gasteiger partial charge >= 0.3 is 5.76 Å². The van der Waals surface area contributed by atoms with Gasteiger partial charge in [-0.05, 0) is 36.1 Å². The lowest BCUT2D eigenvalue weighted by Gasteiger charge is -2.16. The summed E-state index contributed by atoms with van der Waals surface area (Å²) in [7, 11) is 0. The van der Waals surface area contributed by atoms with Crippen LogP contribution in [0, 0.1) is 0 Å². The van der Waals surface area contributed by atoms with E-state index in [-0.39, 0.29) is 11.9 Å². The van der Waals surface area contributed by atoms with Crippen LogP contribution in [0.4, 0.5) is 0 Å². The number of aryl methyl sites for hydroxylation is 1. The standard InChI is InChI=1S/C30H30N6O3S/c1-2-8-24-16-27(29(37)32-23(19-40)15-20-9-4-3-5-10-20)34-36(24)18-22-14-13-21(17-31-22)25-11-6-7-12-26(25)28-33-30(38)39-35-28/h3-7,9-14,16-17,23,40H,2,8,15,18-19H2,1H3,(H,32,37)(H,33,35,38). The summed E-state index contributed by atoms with van der Waals surface area (Å²) in [4.78, 5) is 31.8. The van der Waals surface area contributed by atoms with Gasteiger partial charge in [0.05, 0.1) is 12.2 Å². The van der Waals surface area contributed by atoms with Crippen molar-refractivity contribution in [2.75, 3.05) is 5.75 Å². The zero-order chi connectivity index (χ0) is 27.9. The first-order valence-electron chi connectivity index (χ1n) is 13.2. The lowest BCUT2D eigenvalue weighted by Crippen LogP contribution is -2.38. The number of aromatic amines is 1. The predicted octanol–water partition coefficient (Wildman–Crippen LogP) is 4.56. The molecular formula is C30H30N6O3S. The second-order valence-corrected chi connectivity index (χ2v) is 9.86. The number of aromatic nitrogens is 5. The van der Waals surface area contributed by atoms with Gasteiger partial charge in [0.15, 0.2) is 5.82 Å². The molecule has 0 spiro atoms. The number of thiol groups is 1. The summed E-state index contributed by atoms with van der Waals surface area (Å²) in [6.45, 7) is 2.53. The van der Waals surface area contributed by atoms with Gasteiger partial charge in [0.25, 0.3) is 5.91 Å². The summed E-state index contributed by atoms with van der Waals surface area (Å²) < 4.78 is 6.53. The maximum absolute atomic E-state index is 13.1. The fraction of sp³-hybridized carbons (Fsp3) is 0.233. The molecular weight excluding hydrogens is 524 g/mol. The van der Waals surface area contributed by atoms with Gasteiger partial charge in [0.1, 0.15) is 5.69 Å². The lowest BCUT2D eigenvalue weighted by atomic mass is 10.0. The molecule has 10 heteroatoms. The number of hydrogen-bond donors (Lipinski definition) is 3. The highest BCUT2D eigenvalue weighted by Gasteiger charge is 2.18. The van der Waals surface area contributed by atoms with Crippen molar-refractivity contribution in [2.24, 2.45) is 0 Å². The molecule has 1 atom stereocenters. The highest BCUT2D eigenvalue weighted by Crippen LogP contribution is 2.29. The number of carbonyl (C=O) groups excluding carboxylic acids is 1. The van der Waals surface area contributed by atoms with Gasteiger partial charge in [-0.15, -0.1) is 0 Å². The maximum Gasteiger partial charge on any atom is 0.439 e. The van der Waals surface area contributed by atoms with Gasteiger partial charge in [0, 0.05) is 34.8 Å². The van der Waals surface area contributed by atoms with E-state index >= 15 is 0 Å². The molecule has 0 saturated carbocycles. The average molecular weight is 555 g/mol. The van der Waals surface area contributed by atoms with Crippen molar-refractivity contribution in [1.29, 1.82) is 0 Å². The Balaban J connectivity index is 1.32. The first kappa shape index (κ1) is 27.1. The van der Waals surface area contributed by atoms with E-state index in [9.17, 15) is 9.59 Å². The first-order chi connectivity index (χ1) is 19.5. The van der Waals surface area contributed by atoms with Crippen molar-refractivity contribution in [1.82, 2.24) is 30.2 Å². The highest BCUT2D eigenvalue weighted by atomic mass is 32.1. The highest BCUT2D eigenvalue weighted by molar-refractivity contribution is 7.80. The van der Waals surface area contributed by atoms with Crippen molar-refractivity contribution in [3.63, 3.8) is 0 Å².